The van der Waals surface area contributed by atoms with E-state index >= 15 is 0 Å². The van der Waals surface area contributed by atoms with E-state index in [-0.39, 0.29) is 11.8 Å². The molecule has 0 spiro atoms. The molecule has 0 radical (unpaired) electrons. The van der Waals surface area contributed by atoms with E-state index in [2.05, 4.69) is 10.6 Å². The Kier molecular flexibility index (Phi) is 3.73. The second kappa shape index (κ2) is 4.09. The Bertz CT molecular complexity index is 187. The lowest BCUT2D eigenvalue weighted by atomic mass is 10.0. The van der Waals surface area contributed by atoms with Crippen molar-refractivity contribution < 1.29 is 9.59 Å². The predicted molar refractivity (Wildman–Crippen MR) is 46.6 cm³/mol. The second-order valence-electron chi connectivity index (χ2n) is 3.17. The van der Waals surface area contributed by atoms with Gasteiger partial charge in [-0.2, -0.15) is 0 Å². The lowest BCUT2D eigenvalue weighted by molar-refractivity contribution is -0.131. The van der Waals surface area contributed by atoms with Crippen LogP contribution in [0.4, 0.5) is 0 Å². The van der Waals surface area contributed by atoms with Crippen LogP contribution in [0.3, 0.4) is 0 Å². The van der Waals surface area contributed by atoms with E-state index in [1.54, 1.807) is 13.8 Å². The topological polar surface area (TPSA) is 58.2 Å². The number of hydrogen-bond acceptors (Lipinski definition) is 2. The van der Waals surface area contributed by atoms with Crippen LogP contribution < -0.4 is 10.6 Å². The monoisotopic (exact) mass is 172 g/mol. The molecular formula is C8H16N2O2. The summed E-state index contributed by atoms with van der Waals surface area (Å²) in [5, 5.41) is 5.19. The van der Waals surface area contributed by atoms with Gasteiger partial charge < -0.3 is 10.6 Å². The zero-order chi connectivity index (χ0) is 9.78. The number of carbonyl (C=O) groups is 2. The standard InChI is InChI=1S/C8H16N2O2/c1-5-9-7(12)8(3,4)10-6(2)11/h5H2,1-4H3,(H,9,12)(H,10,11). The first-order chi connectivity index (χ1) is 5.40. The van der Waals surface area contributed by atoms with Gasteiger partial charge in [0, 0.05) is 13.5 Å². The molecule has 0 unspecified atom stereocenters. The molecule has 2 amide bonds. The summed E-state index contributed by atoms with van der Waals surface area (Å²) in [6, 6.07) is 0. The van der Waals surface area contributed by atoms with Gasteiger partial charge in [-0.05, 0) is 20.8 Å². The first-order valence-electron chi connectivity index (χ1n) is 3.97. The van der Waals surface area contributed by atoms with Gasteiger partial charge in [0.25, 0.3) is 0 Å². The Hall–Kier alpha value is -1.06. The van der Waals surface area contributed by atoms with Crippen molar-refractivity contribution in [3.8, 4) is 0 Å². The summed E-state index contributed by atoms with van der Waals surface area (Å²) in [6.45, 7) is 7.13. The third-order valence-corrected chi connectivity index (χ3v) is 1.39. The molecule has 0 fully saturated rings. The molecule has 0 rings (SSSR count). The van der Waals surface area contributed by atoms with Crippen LogP contribution in [0.1, 0.15) is 27.7 Å². The van der Waals surface area contributed by atoms with Gasteiger partial charge in [0.2, 0.25) is 11.8 Å². The van der Waals surface area contributed by atoms with Crippen LogP contribution in [0.15, 0.2) is 0 Å². The summed E-state index contributed by atoms with van der Waals surface area (Å²) in [6.07, 6.45) is 0. The van der Waals surface area contributed by atoms with Crippen LogP contribution in [0.5, 0.6) is 0 Å². The highest BCUT2D eigenvalue weighted by Crippen LogP contribution is 2.00. The zero-order valence-corrected chi connectivity index (χ0v) is 8.02. The fourth-order valence-corrected chi connectivity index (χ4v) is 0.878. The van der Waals surface area contributed by atoms with Crippen molar-refractivity contribution in [1.29, 1.82) is 0 Å². The molecule has 70 valence electrons. The van der Waals surface area contributed by atoms with Gasteiger partial charge in [-0.1, -0.05) is 0 Å². The third kappa shape index (κ3) is 3.37. The van der Waals surface area contributed by atoms with Crippen molar-refractivity contribution in [2.45, 2.75) is 33.2 Å². The lowest BCUT2D eigenvalue weighted by Gasteiger charge is -2.23. The largest absolute Gasteiger partial charge is 0.354 e. The molecule has 2 N–H and O–H groups in total. The lowest BCUT2D eigenvalue weighted by Crippen LogP contribution is -2.54. The summed E-state index contributed by atoms with van der Waals surface area (Å²) in [5.74, 6) is -0.369. The quantitative estimate of drug-likeness (QED) is 0.631. The van der Waals surface area contributed by atoms with E-state index in [0.717, 1.165) is 0 Å². The maximum absolute atomic E-state index is 11.3. The molecule has 0 aromatic carbocycles. The number of amides is 2. The average Bonchev–Trinajstić information content (AvgIpc) is 1.85. The first-order valence-corrected chi connectivity index (χ1v) is 3.97. The summed E-state index contributed by atoms with van der Waals surface area (Å²) in [7, 11) is 0. The van der Waals surface area contributed by atoms with Gasteiger partial charge in [-0.3, -0.25) is 9.59 Å². The SMILES string of the molecule is CCNC(=O)C(C)(C)NC(C)=O. The molecule has 0 aromatic heterocycles. The molecule has 0 heterocycles. The van der Waals surface area contributed by atoms with Crippen molar-refractivity contribution in [1.82, 2.24) is 10.6 Å². The molecule has 0 atom stereocenters. The summed E-state index contributed by atoms with van der Waals surface area (Å²) < 4.78 is 0. The van der Waals surface area contributed by atoms with Crippen molar-refractivity contribution in [2.75, 3.05) is 6.54 Å². The molecular weight excluding hydrogens is 156 g/mol. The molecule has 0 aliphatic rings. The molecule has 0 aliphatic carbocycles. The Morgan fingerprint density at radius 1 is 1.33 bits per heavy atom. The summed E-state index contributed by atoms with van der Waals surface area (Å²) in [4.78, 5) is 22.0. The van der Waals surface area contributed by atoms with E-state index in [0.29, 0.717) is 6.54 Å². The molecule has 0 aliphatic heterocycles. The fraction of sp³-hybridized carbons (Fsp3) is 0.750. The van der Waals surface area contributed by atoms with Crippen molar-refractivity contribution >= 4 is 11.8 Å². The highest BCUT2D eigenvalue weighted by Gasteiger charge is 2.27. The minimum Gasteiger partial charge on any atom is -0.354 e. The minimum absolute atomic E-state index is 0.166. The van der Waals surface area contributed by atoms with Gasteiger partial charge in [0.1, 0.15) is 5.54 Å². The molecule has 12 heavy (non-hydrogen) atoms. The number of likely N-dealkylation sites (N-methyl/N-ethyl adjacent to an activating group) is 1. The van der Waals surface area contributed by atoms with Gasteiger partial charge >= 0.3 is 0 Å². The molecule has 0 bridgehead atoms. The molecule has 0 saturated carbocycles. The van der Waals surface area contributed by atoms with Gasteiger partial charge in [-0.15, -0.1) is 0 Å². The Balaban J connectivity index is 4.18. The number of hydrogen-bond donors (Lipinski definition) is 2. The summed E-state index contributed by atoms with van der Waals surface area (Å²) in [5.41, 5.74) is -0.818. The van der Waals surface area contributed by atoms with Gasteiger partial charge in [-0.25, -0.2) is 0 Å². The fourth-order valence-electron chi connectivity index (χ4n) is 0.878. The van der Waals surface area contributed by atoms with Crippen LogP contribution in [0.2, 0.25) is 0 Å². The Morgan fingerprint density at radius 2 is 1.83 bits per heavy atom. The predicted octanol–water partition coefficient (Wildman–Crippen LogP) is 0.0372. The average molecular weight is 172 g/mol. The van der Waals surface area contributed by atoms with Crippen molar-refractivity contribution in [3.05, 3.63) is 0 Å². The minimum atomic E-state index is -0.818. The number of nitrogens with one attached hydrogen (secondary N) is 2. The van der Waals surface area contributed by atoms with Gasteiger partial charge in [0.15, 0.2) is 0 Å². The molecule has 4 nitrogen and oxygen atoms in total. The highest BCUT2D eigenvalue weighted by atomic mass is 16.2. The molecule has 4 heteroatoms. The van der Waals surface area contributed by atoms with Crippen LogP contribution in [0, 0.1) is 0 Å². The van der Waals surface area contributed by atoms with Crippen LogP contribution in [0.25, 0.3) is 0 Å². The summed E-state index contributed by atoms with van der Waals surface area (Å²) >= 11 is 0. The molecule has 0 aromatic rings. The van der Waals surface area contributed by atoms with Crippen LogP contribution in [-0.4, -0.2) is 23.9 Å². The highest BCUT2D eigenvalue weighted by molar-refractivity contribution is 5.89. The maximum Gasteiger partial charge on any atom is 0.245 e. The van der Waals surface area contributed by atoms with E-state index < -0.39 is 5.54 Å². The second-order valence-corrected chi connectivity index (χ2v) is 3.17. The Morgan fingerprint density at radius 3 is 2.17 bits per heavy atom. The van der Waals surface area contributed by atoms with E-state index in [4.69, 9.17) is 0 Å². The van der Waals surface area contributed by atoms with Crippen molar-refractivity contribution in [2.24, 2.45) is 0 Å². The molecule has 0 saturated heterocycles. The first kappa shape index (κ1) is 10.9. The smallest absolute Gasteiger partial charge is 0.245 e. The number of rotatable bonds is 3. The van der Waals surface area contributed by atoms with Gasteiger partial charge in [0.05, 0.1) is 0 Å². The van der Waals surface area contributed by atoms with Crippen molar-refractivity contribution in [3.63, 3.8) is 0 Å². The van der Waals surface area contributed by atoms with E-state index in [1.807, 2.05) is 6.92 Å². The zero-order valence-electron chi connectivity index (χ0n) is 8.02. The van der Waals surface area contributed by atoms with E-state index in [1.165, 1.54) is 6.92 Å². The number of carbonyl (C=O) groups excluding carboxylic acids is 2. The van der Waals surface area contributed by atoms with Crippen LogP contribution in [-0.2, 0) is 9.59 Å². The maximum atomic E-state index is 11.3. The third-order valence-electron chi connectivity index (χ3n) is 1.39. The normalized spacial score (nSPS) is 10.7. The van der Waals surface area contributed by atoms with Crippen LogP contribution >= 0.6 is 0 Å². The van der Waals surface area contributed by atoms with E-state index in [9.17, 15) is 9.59 Å². The Labute approximate surface area is 72.7 Å².